The highest BCUT2D eigenvalue weighted by Crippen LogP contribution is 2.23. The van der Waals surface area contributed by atoms with Crippen LogP contribution in [-0.4, -0.2) is 16.6 Å². The molecule has 3 rings (SSSR count). The van der Waals surface area contributed by atoms with Crippen LogP contribution < -0.4 is 5.32 Å². The molecule has 22 heavy (non-hydrogen) atoms. The van der Waals surface area contributed by atoms with Gasteiger partial charge in [-0.3, -0.25) is 4.79 Å². The van der Waals surface area contributed by atoms with Crippen LogP contribution in [0.1, 0.15) is 6.42 Å². The van der Waals surface area contributed by atoms with Crippen LogP contribution in [-0.2, 0) is 4.79 Å². The molecular formula is C16H13IN2O2S. The van der Waals surface area contributed by atoms with Crippen molar-refractivity contribution < 1.29 is 9.21 Å². The maximum Gasteiger partial charge on any atom is 0.256 e. The Morgan fingerprint density at radius 3 is 2.73 bits per heavy atom. The van der Waals surface area contributed by atoms with Crippen molar-refractivity contribution in [1.82, 2.24) is 4.98 Å². The standard InChI is InChI=1S/C16H13IN2O2S/c17-11-5-7-12(8-6-11)18-15(20)9-10-22-16-19-13-3-1-2-4-14(13)21-16/h1-8H,9-10H2,(H,18,20). The summed E-state index contributed by atoms with van der Waals surface area (Å²) in [6.45, 7) is 0. The molecule has 4 nitrogen and oxygen atoms in total. The van der Waals surface area contributed by atoms with Gasteiger partial charge in [0, 0.05) is 21.4 Å². The Morgan fingerprint density at radius 2 is 1.95 bits per heavy atom. The molecule has 0 aliphatic carbocycles. The number of para-hydroxylation sites is 2. The molecule has 1 heterocycles. The number of hydrogen-bond donors (Lipinski definition) is 1. The number of aromatic nitrogens is 1. The van der Waals surface area contributed by atoms with E-state index in [0.29, 0.717) is 17.4 Å². The van der Waals surface area contributed by atoms with E-state index in [9.17, 15) is 4.79 Å². The molecule has 0 aliphatic rings. The average Bonchev–Trinajstić information content (AvgIpc) is 2.92. The number of amides is 1. The number of hydrogen-bond acceptors (Lipinski definition) is 4. The maximum absolute atomic E-state index is 11.9. The van der Waals surface area contributed by atoms with Crippen LogP contribution in [0.3, 0.4) is 0 Å². The normalized spacial score (nSPS) is 10.8. The zero-order valence-electron chi connectivity index (χ0n) is 11.6. The molecule has 0 saturated heterocycles. The second-order valence-corrected chi connectivity index (χ2v) is 6.89. The lowest BCUT2D eigenvalue weighted by atomic mass is 10.3. The Labute approximate surface area is 145 Å². The minimum Gasteiger partial charge on any atom is -0.431 e. The third-order valence-electron chi connectivity index (χ3n) is 2.96. The quantitative estimate of drug-likeness (QED) is 0.482. The number of oxazole rings is 1. The fourth-order valence-electron chi connectivity index (χ4n) is 1.90. The van der Waals surface area contributed by atoms with E-state index in [1.54, 1.807) is 0 Å². The zero-order valence-corrected chi connectivity index (χ0v) is 14.6. The summed E-state index contributed by atoms with van der Waals surface area (Å²) in [7, 11) is 0. The van der Waals surface area contributed by atoms with Gasteiger partial charge in [-0.25, -0.2) is 4.98 Å². The Hall–Kier alpha value is -1.54. The van der Waals surface area contributed by atoms with Crippen LogP contribution in [0.25, 0.3) is 11.1 Å². The number of carbonyl (C=O) groups excluding carboxylic acids is 1. The molecule has 0 atom stereocenters. The topological polar surface area (TPSA) is 55.1 Å². The van der Waals surface area contributed by atoms with Gasteiger partial charge in [0.1, 0.15) is 5.52 Å². The summed E-state index contributed by atoms with van der Waals surface area (Å²) in [5, 5.41) is 3.48. The molecule has 0 unspecified atom stereocenters. The van der Waals surface area contributed by atoms with Crippen LogP contribution in [0.15, 0.2) is 58.2 Å². The summed E-state index contributed by atoms with van der Waals surface area (Å²) in [5.41, 5.74) is 2.43. The first-order valence-electron chi connectivity index (χ1n) is 6.74. The summed E-state index contributed by atoms with van der Waals surface area (Å²) in [6.07, 6.45) is 0.412. The summed E-state index contributed by atoms with van der Waals surface area (Å²) >= 11 is 3.68. The number of anilines is 1. The number of carbonyl (C=O) groups is 1. The van der Waals surface area contributed by atoms with Crippen molar-refractivity contribution in [1.29, 1.82) is 0 Å². The lowest BCUT2D eigenvalue weighted by Gasteiger charge is -2.04. The molecule has 2 aromatic carbocycles. The van der Waals surface area contributed by atoms with Crippen molar-refractivity contribution in [2.45, 2.75) is 11.6 Å². The van der Waals surface area contributed by atoms with Gasteiger partial charge in [-0.2, -0.15) is 0 Å². The fourth-order valence-corrected chi connectivity index (χ4v) is 3.03. The predicted octanol–water partition coefficient (Wildman–Crippen LogP) is 4.55. The lowest BCUT2D eigenvalue weighted by molar-refractivity contribution is -0.115. The van der Waals surface area contributed by atoms with E-state index in [0.717, 1.165) is 20.4 Å². The van der Waals surface area contributed by atoms with Gasteiger partial charge in [0.15, 0.2) is 5.58 Å². The summed E-state index contributed by atoms with van der Waals surface area (Å²) in [4.78, 5) is 16.2. The summed E-state index contributed by atoms with van der Waals surface area (Å²) < 4.78 is 6.74. The molecule has 1 amide bonds. The SMILES string of the molecule is O=C(CCSc1nc2ccccc2o1)Nc1ccc(I)cc1. The van der Waals surface area contributed by atoms with Crippen molar-refractivity contribution in [2.75, 3.05) is 11.1 Å². The lowest BCUT2D eigenvalue weighted by Crippen LogP contribution is -2.12. The van der Waals surface area contributed by atoms with Gasteiger partial charge in [-0.1, -0.05) is 23.9 Å². The van der Waals surface area contributed by atoms with Gasteiger partial charge in [0.05, 0.1) is 0 Å². The van der Waals surface area contributed by atoms with E-state index in [1.807, 2.05) is 48.5 Å². The minimum atomic E-state index is -0.00943. The van der Waals surface area contributed by atoms with E-state index in [2.05, 4.69) is 32.9 Å². The first-order chi connectivity index (χ1) is 10.7. The molecule has 112 valence electrons. The Balaban J connectivity index is 1.49. The van der Waals surface area contributed by atoms with Gasteiger partial charge in [0.2, 0.25) is 5.91 Å². The van der Waals surface area contributed by atoms with Crippen LogP contribution in [0.2, 0.25) is 0 Å². The van der Waals surface area contributed by atoms with E-state index in [1.165, 1.54) is 11.8 Å². The van der Waals surface area contributed by atoms with E-state index >= 15 is 0 Å². The molecule has 0 fully saturated rings. The van der Waals surface area contributed by atoms with E-state index in [-0.39, 0.29) is 5.91 Å². The second kappa shape index (κ2) is 7.15. The van der Waals surface area contributed by atoms with Crippen molar-refractivity contribution in [3.63, 3.8) is 0 Å². The molecule has 0 bridgehead atoms. The molecule has 0 saturated carbocycles. The van der Waals surface area contributed by atoms with Crippen LogP contribution in [0.4, 0.5) is 5.69 Å². The molecule has 0 spiro atoms. The fraction of sp³-hybridized carbons (Fsp3) is 0.125. The van der Waals surface area contributed by atoms with Crippen molar-refractivity contribution in [3.8, 4) is 0 Å². The number of benzene rings is 2. The van der Waals surface area contributed by atoms with Gasteiger partial charge in [-0.05, 0) is 59.0 Å². The first-order valence-corrected chi connectivity index (χ1v) is 8.81. The highest BCUT2D eigenvalue weighted by atomic mass is 127. The highest BCUT2D eigenvalue weighted by molar-refractivity contribution is 14.1. The number of fused-ring (bicyclic) bond motifs is 1. The Kier molecular flexibility index (Phi) is 4.99. The third-order valence-corrected chi connectivity index (χ3v) is 4.51. The maximum atomic E-state index is 11.9. The number of halogens is 1. The largest absolute Gasteiger partial charge is 0.431 e. The molecule has 0 aliphatic heterocycles. The minimum absolute atomic E-state index is 0.00943. The molecule has 0 radical (unpaired) electrons. The number of nitrogens with one attached hydrogen (secondary N) is 1. The number of nitrogens with zero attached hydrogens (tertiary/aromatic N) is 1. The van der Waals surface area contributed by atoms with E-state index < -0.39 is 0 Å². The molecule has 1 aromatic heterocycles. The number of thioether (sulfide) groups is 1. The summed E-state index contributed by atoms with van der Waals surface area (Å²) in [5.74, 6) is 0.619. The monoisotopic (exact) mass is 424 g/mol. The average molecular weight is 424 g/mol. The van der Waals surface area contributed by atoms with E-state index in [4.69, 9.17) is 4.42 Å². The zero-order chi connectivity index (χ0) is 15.4. The highest BCUT2D eigenvalue weighted by Gasteiger charge is 2.07. The van der Waals surface area contributed by atoms with Crippen LogP contribution >= 0.6 is 34.4 Å². The number of rotatable bonds is 5. The van der Waals surface area contributed by atoms with Gasteiger partial charge >= 0.3 is 0 Å². The molecule has 6 heteroatoms. The van der Waals surface area contributed by atoms with Crippen molar-refractivity contribution >= 4 is 57.0 Å². The third kappa shape index (κ3) is 4.01. The van der Waals surface area contributed by atoms with Gasteiger partial charge in [-0.15, -0.1) is 0 Å². The summed E-state index contributed by atoms with van der Waals surface area (Å²) in [6, 6.07) is 15.3. The van der Waals surface area contributed by atoms with Crippen molar-refractivity contribution in [3.05, 3.63) is 52.1 Å². The molecular weight excluding hydrogens is 411 g/mol. The van der Waals surface area contributed by atoms with Gasteiger partial charge < -0.3 is 9.73 Å². The smallest absolute Gasteiger partial charge is 0.256 e. The van der Waals surface area contributed by atoms with Crippen LogP contribution in [0, 0.1) is 3.57 Å². The molecule has 1 N–H and O–H groups in total. The van der Waals surface area contributed by atoms with Crippen molar-refractivity contribution in [2.24, 2.45) is 0 Å². The molecule has 3 aromatic rings. The van der Waals surface area contributed by atoms with Gasteiger partial charge in [0.25, 0.3) is 5.22 Å². The Morgan fingerprint density at radius 1 is 1.18 bits per heavy atom. The first kappa shape index (κ1) is 15.4. The predicted molar refractivity (Wildman–Crippen MR) is 97.1 cm³/mol. The Bertz CT molecular complexity index is 753. The van der Waals surface area contributed by atoms with Crippen LogP contribution in [0.5, 0.6) is 0 Å². The second-order valence-electron chi connectivity index (χ2n) is 4.60.